The molecule has 0 amide bonds. The topological polar surface area (TPSA) is 48.7 Å². The molecule has 1 aromatic heterocycles. The summed E-state index contributed by atoms with van der Waals surface area (Å²) in [4.78, 5) is 4.14. The number of aromatic nitrogens is 1. The smallest absolute Gasteiger partial charge is 0.142 e. The highest BCUT2D eigenvalue weighted by molar-refractivity contribution is 5.38. The largest absolute Gasteiger partial charge is 0.370 e. The maximum atomic E-state index is 8.67. The van der Waals surface area contributed by atoms with E-state index in [-0.39, 0.29) is 0 Å². The predicted molar refractivity (Wildman–Crippen MR) is 61.5 cm³/mol. The quantitative estimate of drug-likeness (QED) is 0.748. The lowest BCUT2D eigenvalue weighted by Crippen LogP contribution is -2.04. The molecule has 3 heteroatoms. The Hall–Kier alpha value is -1.56. The van der Waals surface area contributed by atoms with Crippen LogP contribution in [0.3, 0.4) is 0 Å². The minimum Gasteiger partial charge on any atom is -0.370 e. The fourth-order valence-corrected chi connectivity index (χ4v) is 1.32. The summed E-state index contributed by atoms with van der Waals surface area (Å²) in [5.74, 6) is 1.53. The second-order valence-electron chi connectivity index (χ2n) is 3.98. The average molecular weight is 203 g/mol. The minimum absolute atomic E-state index is 0.462. The van der Waals surface area contributed by atoms with Crippen LogP contribution in [0.2, 0.25) is 0 Å². The summed E-state index contributed by atoms with van der Waals surface area (Å²) >= 11 is 0. The van der Waals surface area contributed by atoms with Gasteiger partial charge in [-0.2, -0.15) is 5.26 Å². The Balaban J connectivity index is 2.35. The van der Waals surface area contributed by atoms with Crippen molar-refractivity contribution in [2.75, 3.05) is 11.9 Å². The molecular weight excluding hydrogens is 186 g/mol. The Morgan fingerprint density at radius 1 is 1.47 bits per heavy atom. The third kappa shape index (κ3) is 4.46. The number of nitrogens with zero attached hydrogens (tertiary/aromatic N) is 2. The van der Waals surface area contributed by atoms with Gasteiger partial charge >= 0.3 is 0 Å². The Morgan fingerprint density at radius 3 is 2.93 bits per heavy atom. The number of nitrogens with one attached hydrogen (secondary N) is 1. The van der Waals surface area contributed by atoms with Gasteiger partial charge in [-0.25, -0.2) is 4.98 Å². The van der Waals surface area contributed by atoms with E-state index >= 15 is 0 Å². The van der Waals surface area contributed by atoms with E-state index in [1.54, 1.807) is 6.07 Å². The summed E-state index contributed by atoms with van der Waals surface area (Å²) in [7, 11) is 0. The Bertz CT molecular complexity index is 339. The number of rotatable bonds is 5. The fraction of sp³-hybridized carbons (Fsp3) is 0.500. The molecule has 1 aromatic rings. The Kier molecular flexibility index (Phi) is 4.62. The van der Waals surface area contributed by atoms with Crippen molar-refractivity contribution in [3.63, 3.8) is 0 Å². The van der Waals surface area contributed by atoms with Gasteiger partial charge in [-0.05, 0) is 30.9 Å². The van der Waals surface area contributed by atoms with Crippen LogP contribution in [0.25, 0.3) is 0 Å². The van der Waals surface area contributed by atoms with Gasteiger partial charge in [0.15, 0.2) is 0 Å². The number of hydrogen-bond acceptors (Lipinski definition) is 3. The van der Waals surface area contributed by atoms with Crippen LogP contribution in [-0.2, 0) is 0 Å². The zero-order chi connectivity index (χ0) is 11.1. The van der Waals surface area contributed by atoms with E-state index in [2.05, 4.69) is 24.1 Å². The van der Waals surface area contributed by atoms with Crippen molar-refractivity contribution in [3.8, 4) is 6.07 Å². The molecular formula is C12H17N3. The first kappa shape index (κ1) is 11.5. The Morgan fingerprint density at radius 2 is 2.27 bits per heavy atom. The van der Waals surface area contributed by atoms with Gasteiger partial charge in [-0.15, -0.1) is 0 Å². The van der Waals surface area contributed by atoms with Gasteiger partial charge in [0.2, 0.25) is 0 Å². The standard InChI is InChI=1S/C12H17N3/c1-10(2)5-4-8-14-12-7-3-6-11(9-13)15-12/h3,6-7,10H,4-5,8H2,1-2H3,(H,14,15). The van der Waals surface area contributed by atoms with E-state index in [1.807, 2.05) is 18.2 Å². The highest BCUT2D eigenvalue weighted by atomic mass is 15.0. The van der Waals surface area contributed by atoms with Crippen LogP contribution in [0.4, 0.5) is 5.82 Å². The first-order valence-electron chi connectivity index (χ1n) is 5.33. The molecule has 0 saturated carbocycles. The first-order valence-corrected chi connectivity index (χ1v) is 5.33. The van der Waals surface area contributed by atoms with Gasteiger partial charge in [-0.3, -0.25) is 0 Å². The summed E-state index contributed by atoms with van der Waals surface area (Å²) < 4.78 is 0. The zero-order valence-electron chi connectivity index (χ0n) is 9.33. The summed E-state index contributed by atoms with van der Waals surface area (Å²) in [6.07, 6.45) is 2.35. The molecule has 0 fully saturated rings. The lowest BCUT2D eigenvalue weighted by Gasteiger charge is -2.06. The Labute approximate surface area is 91.1 Å². The van der Waals surface area contributed by atoms with E-state index < -0.39 is 0 Å². The normalized spacial score (nSPS) is 10.0. The summed E-state index contributed by atoms with van der Waals surface area (Å²) in [5, 5.41) is 11.9. The molecule has 0 aliphatic rings. The van der Waals surface area contributed by atoms with Gasteiger partial charge in [0, 0.05) is 6.54 Å². The third-order valence-corrected chi connectivity index (χ3v) is 2.13. The molecule has 3 nitrogen and oxygen atoms in total. The molecule has 80 valence electrons. The lowest BCUT2D eigenvalue weighted by molar-refractivity contribution is 0.566. The molecule has 0 spiro atoms. The maximum Gasteiger partial charge on any atom is 0.142 e. The van der Waals surface area contributed by atoms with Gasteiger partial charge in [0.1, 0.15) is 17.6 Å². The minimum atomic E-state index is 0.462. The molecule has 1 rings (SSSR count). The zero-order valence-corrected chi connectivity index (χ0v) is 9.33. The molecule has 0 aliphatic heterocycles. The molecule has 0 bridgehead atoms. The van der Waals surface area contributed by atoms with Crippen LogP contribution in [0.15, 0.2) is 18.2 Å². The first-order chi connectivity index (χ1) is 7.22. The van der Waals surface area contributed by atoms with Crippen molar-refractivity contribution in [2.24, 2.45) is 5.92 Å². The highest BCUT2D eigenvalue weighted by Gasteiger charge is 1.97. The van der Waals surface area contributed by atoms with Crippen LogP contribution in [-0.4, -0.2) is 11.5 Å². The second-order valence-corrected chi connectivity index (χ2v) is 3.98. The van der Waals surface area contributed by atoms with Crippen molar-refractivity contribution in [1.29, 1.82) is 5.26 Å². The van der Waals surface area contributed by atoms with E-state index in [0.29, 0.717) is 5.69 Å². The van der Waals surface area contributed by atoms with Gasteiger partial charge in [0.05, 0.1) is 0 Å². The van der Waals surface area contributed by atoms with Crippen molar-refractivity contribution < 1.29 is 0 Å². The molecule has 0 atom stereocenters. The lowest BCUT2D eigenvalue weighted by atomic mass is 10.1. The molecule has 0 unspecified atom stereocenters. The van der Waals surface area contributed by atoms with Crippen LogP contribution in [0, 0.1) is 17.2 Å². The molecule has 0 aliphatic carbocycles. The van der Waals surface area contributed by atoms with E-state index in [0.717, 1.165) is 24.7 Å². The van der Waals surface area contributed by atoms with Gasteiger partial charge in [0.25, 0.3) is 0 Å². The van der Waals surface area contributed by atoms with Crippen LogP contribution < -0.4 is 5.32 Å². The molecule has 15 heavy (non-hydrogen) atoms. The van der Waals surface area contributed by atoms with Crippen molar-refractivity contribution in [2.45, 2.75) is 26.7 Å². The summed E-state index contributed by atoms with van der Waals surface area (Å²) in [6, 6.07) is 7.46. The molecule has 0 radical (unpaired) electrons. The summed E-state index contributed by atoms with van der Waals surface area (Å²) in [6.45, 7) is 5.35. The number of nitriles is 1. The third-order valence-electron chi connectivity index (χ3n) is 2.13. The highest BCUT2D eigenvalue weighted by Crippen LogP contribution is 2.06. The van der Waals surface area contributed by atoms with Crippen LogP contribution >= 0.6 is 0 Å². The van der Waals surface area contributed by atoms with E-state index in [9.17, 15) is 0 Å². The number of hydrogen-bond donors (Lipinski definition) is 1. The van der Waals surface area contributed by atoms with Crippen molar-refractivity contribution >= 4 is 5.82 Å². The second kappa shape index (κ2) is 6.02. The molecule has 1 N–H and O–H groups in total. The number of pyridine rings is 1. The van der Waals surface area contributed by atoms with Crippen molar-refractivity contribution in [3.05, 3.63) is 23.9 Å². The van der Waals surface area contributed by atoms with Crippen LogP contribution in [0.5, 0.6) is 0 Å². The van der Waals surface area contributed by atoms with Gasteiger partial charge < -0.3 is 5.32 Å². The van der Waals surface area contributed by atoms with E-state index in [1.165, 1.54) is 6.42 Å². The predicted octanol–water partition coefficient (Wildman–Crippen LogP) is 2.80. The summed E-state index contributed by atoms with van der Waals surface area (Å²) in [5.41, 5.74) is 0.462. The van der Waals surface area contributed by atoms with Crippen molar-refractivity contribution in [1.82, 2.24) is 4.98 Å². The monoisotopic (exact) mass is 203 g/mol. The molecule has 1 heterocycles. The molecule has 0 aromatic carbocycles. The average Bonchev–Trinajstić information content (AvgIpc) is 2.24. The number of anilines is 1. The van der Waals surface area contributed by atoms with E-state index in [4.69, 9.17) is 5.26 Å². The SMILES string of the molecule is CC(C)CCCNc1cccc(C#N)n1. The van der Waals surface area contributed by atoms with Crippen LogP contribution in [0.1, 0.15) is 32.4 Å². The molecule has 0 saturated heterocycles. The van der Waals surface area contributed by atoms with Gasteiger partial charge in [-0.1, -0.05) is 19.9 Å². The fourth-order valence-electron chi connectivity index (χ4n) is 1.32. The maximum absolute atomic E-state index is 8.67.